The van der Waals surface area contributed by atoms with E-state index in [0.717, 1.165) is 6.07 Å². The molecule has 3 rings (SSSR count). The van der Waals surface area contributed by atoms with E-state index in [1.807, 2.05) is 13.8 Å². The third kappa shape index (κ3) is 5.47. The molecule has 0 fully saturated rings. The molecular weight excluding hydrogens is 423 g/mol. The Labute approximate surface area is 183 Å². The summed E-state index contributed by atoms with van der Waals surface area (Å²) in [6, 6.07) is 5.71. The van der Waals surface area contributed by atoms with E-state index in [9.17, 15) is 18.0 Å². The van der Waals surface area contributed by atoms with Crippen LogP contribution in [0.1, 0.15) is 30.6 Å². The second-order valence-electron chi connectivity index (χ2n) is 7.90. The third-order valence-electron chi connectivity index (χ3n) is 4.84. The minimum Gasteiger partial charge on any atom is -0.365 e. The summed E-state index contributed by atoms with van der Waals surface area (Å²) >= 11 is 0. The molecule has 0 saturated heterocycles. The van der Waals surface area contributed by atoms with Crippen LogP contribution in [0, 0.1) is 11.7 Å². The van der Waals surface area contributed by atoms with Crippen LogP contribution in [-0.2, 0) is 6.54 Å². The molecule has 0 radical (unpaired) electrons. The predicted octanol–water partition coefficient (Wildman–Crippen LogP) is 3.46. The molecule has 0 aliphatic rings. The number of aromatic nitrogens is 3. The van der Waals surface area contributed by atoms with Gasteiger partial charge in [-0.25, -0.2) is 18.2 Å². The van der Waals surface area contributed by atoms with E-state index < -0.39 is 24.7 Å². The third-order valence-corrected chi connectivity index (χ3v) is 4.84. The summed E-state index contributed by atoms with van der Waals surface area (Å²) in [5.74, 6) is -1.25. The first kappa shape index (κ1) is 23.3. The maximum Gasteiger partial charge on any atom is 0.257 e. The minimum absolute atomic E-state index is 0.0561. The van der Waals surface area contributed by atoms with E-state index in [4.69, 9.17) is 11.5 Å². The van der Waals surface area contributed by atoms with E-state index >= 15 is 0 Å². The molecule has 2 aromatic heterocycles. The van der Waals surface area contributed by atoms with Gasteiger partial charge in [-0.3, -0.25) is 9.48 Å². The molecule has 2 heterocycles. The molecule has 1 aromatic carbocycles. The van der Waals surface area contributed by atoms with Crippen molar-refractivity contribution in [2.45, 2.75) is 39.3 Å². The number of hydrogen-bond acceptors (Lipinski definition) is 6. The van der Waals surface area contributed by atoms with Crippen molar-refractivity contribution in [1.82, 2.24) is 14.8 Å². The molecule has 172 valence electrons. The van der Waals surface area contributed by atoms with Crippen molar-refractivity contribution < 1.29 is 18.0 Å². The van der Waals surface area contributed by atoms with Crippen molar-refractivity contribution in [3.8, 4) is 0 Å². The Bertz CT molecular complexity index is 1100. The molecule has 11 heteroatoms. The SMILES string of the molecule is CC(C)CC(CN)Nc1nc(Nc2ccc3c(cnn3CC(F)F)c2)c(C(N)=O)cc1F. The number of anilines is 3. The predicted molar refractivity (Wildman–Crippen MR) is 118 cm³/mol. The summed E-state index contributed by atoms with van der Waals surface area (Å²) in [6.07, 6.45) is -0.366. The van der Waals surface area contributed by atoms with Gasteiger partial charge >= 0.3 is 0 Å². The first-order valence-corrected chi connectivity index (χ1v) is 10.2. The maximum absolute atomic E-state index is 14.6. The number of fused-ring (bicyclic) bond motifs is 1. The average Bonchev–Trinajstić information content (AvgIpc) is 3.10. The fraction of sp³-hybridized carbons (Fsp3) is 0.381. The number of hydrogen-bond donors (Lipinski definition) is 4. The second kappa shape index (κ2) is 9.86. The number of amides is 1. The fourth-order valence-corrected chi connectivity index (χ4v) is 3.43. The van der Waals surface area contributed by atoms with Gasteiger partial charge in [0.05, 0.1) is 17.3 Å². The van der Waals surface area contributed by atoms with E-state index in [2.05, 4.69) is 20.7 Å². The molecule has 1 unspecified atom stereocenters. The smallest absolute Gasteiger partial charge is 0.257 e. The highest BCUT2D eigenvalue weighted by molar-refractivity contribution is 5.99. The van der Waals surface area contributed by atoms with Gasteiger partial charge in [0.2, 0.25) is 0 Å². The number of rotatable bonds is 10. The number of nitrogens with two attached hydrogens (primary N) is 2. The molecule has 1 atom stereocenters. The molecule has 32 heavy (non-hydrogen) atoms. The molecule has 0 bridgehead atoms. The van der Waals surface area contributed by atoms with E-state index in [1.165, 1.54) is 10.9 Å². The number of pyridine rings is 1. The Morgan fingerprint density at radius 3 is 2.59 bits per heavy atom. The van der Waals surface area contributed by atoms with Crippen LogP contribution in [0.25, 0.3) is 10.9 Å². The van der Waals surface area contributed by atoms with Crippen molar-refractivity contribution in [3.63, 3.8) is 0 Å². The van der Waals surface area contributed by atoms with Crippen molar-refractivity contribution in [3.05, 3.63) is 41.8 Å². The average molecular weight is 449 g/mol. The summed E-state index contributed by atoms with van der Waals surface area (Å²) in [5, 5.41) is 10.5. The van der Waals surface area contributed by atoms with Gasteiger partial charge in [0.1, 0.15) is 12.4 Å². The number of carbonyl (C=O) groups excluding carboxylic acids is 1. The normalized spacial score (nSPS) is 12.5. The Balaban J connectivity index is 1.92. The zero-order valence-electron chi connectivity index (χ0n) is 17.8. The zero-order valence-corrected chi connectivity index (χ0v) is 17.8. The maximum atomic E-state index is 14.6. The van der Waals surface area contributed by atoms with Crippen LogP contribution in [0.3, 0.4) is 0 Å². The molecule has 1 amide bonds. The quantitative estimate of drug-likeness (QED) is 0.376. The summed E-state index contributed by atoms with van der Waals surface area (Å²) in [5.41, 5.74) is 12.1. The van der Waals surface area contributed by atoms with Gasteiger partial charge in [-0.15, -0.1) is 0 Å². The van der Waals surface area contributed by atoms with E-state index in [0.29, 0.717) is 28.9 Å². The Kier molecular flexibility index (Phi) is 7.18. The van der Waals surface area contributed by atoms with Crippen LogP contribution in [0.15, 0.2) is 30.5 Å². The second-order valence-corrected chi connectivity index (χ2v) is 7.90. The molecule has 0 saturated carbocycles. The van der Waals surface area contributed by atoms with Crippen molar-refractivity contribution in [2.75, 3.05) is 17.2 Å². The van der Waals surface area contributed by atoms with Gasteiger partial charge in [-0.05, 0) is 36.6 Å². The zero-order chi connectivity index (χ0) is 23.4. The van der Waals surface area contributed by atoms with Crippen molar-refractivity contribution >= 4 is 34.1 Å². The molecule has 3 aromatic rings. The summed E-state index contributed by atoms with van der Waals surface area (Å²) in [4.78, 5) is 16.1. The molecular formula is C21H26F3N7O. The lowest BCUT2D eigenvalue weighted by Gasteiger charge is -2.21. The Morgan fingerprint density at radius 2 is 1.97 bits per heavy atom. The monoisotopic (exact) mass is 449 g/mol. The Morgan fingerprint density at radius 1 is 1.22 bits per heavy atom. The first-order chi connectivity index (χ1) is 15.2. The molecule has 8 nitrogen and oxygen atoms in total. The van der Waals surface area contributed by atoms with Gasteiger partial charge < -0.3 is 22.1 Å². The highest BCUT2D eigenvalue weighted by atomic mass is 19.3. The molecule has 0 aliphatic carbocycles. The molecule has 0 spiro atoms. The minimum atomic E-state index is -2.53. The van der Waals surface area contributed by atoms with E-state index in [-0.39, 0.29) is 29.8 Å². The number of primary amides is 1. The van der Waals surface area contributed by atoms with Gasteiger partial charge in [0.25, 0.3) is 12.3 Å². The van der Waals surface area contributed by atoms with Crippen LogP contribution in [0.5, 0.6) is 0 Å². The highest BCUT2D eigenvalue weighted by Crippen LogP contribution is 2.27. The number of carbonyl (C=O) groups is 1. The van der Waals surface area contributed by atoms with Crippen LogP contribution >= 0.6 is 0 Å². The number of alkyl halides is 2. The van der Waals surface area contributed by atoms with Gasteiger partial charge in [0, 0.05) is 23.7 Å². The van der Waals surface area contributed by atoms with Gasteiger partial charge in [0.15, 0.2) is 11.6 Å². The molecule has 6 N–H and O–H groups in total. The standard InChI is InChI=1S/C21H26F3N7O/c1-11(2)5-14(8-25)29-21-16(22)7-15(19(26)32)20(30-21)28-13-3-4-17-12(6-13)9-27-31(17)10-18(23)24/h3-4,6-7,9,11,14,18H,5,8,10,25H2,1-2H3,(H2,26,32)(H2,28,29,30). The van der Waals surface area contributed by atoms with Gasteiger partial charge in [-0.2, -0.15) is 5.10 Å². The highest BCUT2D eigenvalue weighted by Gasteiger charge is 2.19. The van der Waals surface area contributed by atoms with Crippen LogP contribution in [-0.4, -0.2) is 39.7 Å². The Hall–Kier alpha value is -3.34. The molecule has 0 aliphatic heterocycles. The summed E-state index contributed by atoms with van der Waals surface area (Å²) in [6.45, 7) is 3.81. The fourth-order valence-electron chi connectivity index (χ4n) is 3.43. The lowest BCUT2D eigenvalue weighted by molar-refractivity contribution is 0.1000. The summed E-state index contributed by atoms with van der Waals surface area (Å²) < 4.78 is 41.2. The van der Waals surface area contributed by atoms with Crippen molar-refractivity contribution in [1.29, 1.82) is 0 Å². The van der Waals surface area contributed by atoms with Gasteiger partial charge in [-0.1, -0.05) is 13.8 Å². The van der Waals surface area contributed by atoms with Crippen LogP contribution in [0.4, 0.5) is 30.5 Å². The van der Waals surface area contributed by atoms with Crippen LogP contribution < -0.4 is 22.1 Å². The number of nitrogens with one attached hydrogen (secondary N) is 2. The largest absolute Gasteiger partial charge is 0.365 e. The van der Waals surface area contributed by atoms with Crippen LogP contribution in [0.2, 0.25) is 0 Å². The van der Waals surface area contributed by atoms with E-state index in [1.54, 1.807) is 18.2 Å². The lowest BCUT2D eigenvalue weighted by Crippen LogP contribution is -2.31. The van der Waals surface area contributed by atoms with Crippen molar-refractivity contribution in [2.24, 2.45) is 17.4 Å². The summed E-state index contributed by atoms with van der Waals surface area (Å²) in [7, 11) is 0. The number of benzene rings is 1. The number of nitrogens with zero attached hydrogens (tertiary/aromatic N) is 3. The lowest BCUT2D eigenvalue weighted by atomic mass is 10.0. The first-order valence-electron chi connectivity index (χ1n) is 10.2. The number of halogens is 3. The topological polar surface area (TPSA) is 124 Å².